The lowest BCUT2D eigenvalue weighted by molar-refractivity contribution is -0.174. The molecule has 0 saturated heterocycles. The highest BCUT2D eigenvalue weighted by molar-refractivity contribution is 6.31. The molecule has 3 aliphatic carbocycles. The number of rotatable bonds is 7. The lowest BCUT2D eigenvalue weighted by atomic mass is 9.38. The predicted octanol–water partition coefficient (Wildman–Crippen LogP) is 4.98. The third-order valence-corrected chi connectivity index (χ3v) is 6.87. The Balaban J connectivity index is 1.09. The van der Waals surface area contributed by atoms with Gasteiger partial charge in [0.2, 0.25) is 0 Å². The summed E-state index contributed by atoms with van der Waals surface area (Å²) in [5.74, 6) is 0.0735. The fraction of sp³-hybridized carbons (Fsp3) is 0.333. The molecule has 8 heteroatoms. The van der Waals surface area contributed by atoms with Crippen LogP contribution in [0.5, 0.6) is 11.5 Å². The van der Waals surface area contributed by atoms with E-state index in [-0.39, 0.29) is 40.0 Å². The molecule has 2 aromatic rings. The SMILES string of the molecule is O=C(COc1ccc(Cl)c(F)c1)CC12CC(NC(=O)[C@H]3C=Cc4cc(Cl)ccc4O3)(C1)C2. The molecule has 1 N–H and O–H groups in total. The fourth-order valence-electron chi connectivity index (χ4n) is 5.12. The Morgan fingerprint density at radius 1 is 1.16 bits per heavy atom. The number of amides is 1. The van der Waals surface area contributed by atoms with E-state index in [1.807, 2.05) is 6.08 Å². The Kier molecular flexibility index (Phi) is 5.18. The summed E-state index contributed by atoms with van der Waals surface area (Å²) in [5.41, 5.74) is 0.508. The summed E-state index contributed by atoms with van der Waals surface area (Å²) in [4.78, 5) is 25.1. The number of carbonyl (C=O) groups is 2. The predicted molar refractivity (Wildman–Crippen MR) is 119 cm³/mol. The second kappa shape index (κ2) is 7.78. The van der Waals surface area contributed by atoms with Crippen LogP contribution in [0.4, 0.5) is 4.39 Å². The molecule has 0 spiro atoms. The molecule has 2 aromatic carbocycles. The van der Waals surface area contributed by atoms with E-state index >= 15 is 0 Å². The number of benzene rings is 2. The first-order valence-electron chi connectivity index (χ1n) is 10.3. The highest BCUT2D eigenvalue weighted by Crippen LogP contribution is 2.69. The highest BCUT2D eigenvalue weighted by Gasteiger charge is 2.68. The zero-order chi connectivity index (χ0) is 22.5. The molecule has 1 atom stereocenters. The van der Waals surface area contributed by atoms with Crippen LogP contribution < -0.4 is 14.8 Å². The number of hydrogen-bond donors (Lipinski definition) is 1. The van der Waals surface area contributed by atoms with Crippen molar-refractivity contribution in [2.24, 2.45) is 5.41 Å². The number of carbonyl (C=O) groups excluding carboxylic acids is 2. The van der Waals surface area contributed by atoms with Crippen molar-refractivity contribution < 1.29 is 23.5 Å². The van der Waals surface area contributed by atoms with Crippen LogP contribution in [0, 0.1) is 11.2 Å². The first kappa shape index (κ1) is 21.3. The third kappa shape index (κ3) is 3.97. The molecule has 1 heterocycles. The van der Waals surface area contributed by atoms with Crippen molar-refractivity contribution in [1.29, 1.82) is 0 Å². The zero-order valence-corrected chi connectivity index (χ0v) is 18.5. The summed E-state index contributed by atoms with van der Waals surface area (Å²) >= 11 is 11.6. The molecule has 6 rings (SSSR count). The van der Waals surface area contributed by atoms with Gasteiger partial charge in [-0.3, -0.25) is 9.59 Å². The second-order valence-electron chi connectivity index (χ2n) is 8.96. The van der Waals surface area contributed by atoms with Gasteiger partial charge in [-0.2, -0.15) is 0 Å². The van der Waals surface area contributed by atoms with E-state index in [0.29, 0.717) is 17.2 Å². The summed E-state index contributed by atoms with van der Waals surface area (Å²) < 4.78 is 24.7. The Morgan fingerprint density at radius 2 is 1.94 bits per heavy atom. The number of fused-ring (bicyclic) bond motifs is 1. The minimum absolute atomic E-state index is 0.00705. The first-order chi connectivity index (χ1) is 15.2. The van der Waals surface area contributed by atoms with Crippen LogP contribution in [0.3, 0.4) is 0 Å². The maximum atomic E-state index is 13.5. The largest absolute Gasteiger partial charge is 0.486 e. The van der Waals surface area contributed by atoms with Crippen molar-refractivity contribution in [3.05, 3.63) is 63.9 Å². The van der Waals surface area contributed by atoms with E-state index in [2.05, 4.69) is 5.32 Å². The monoisotopic (exact) mass is 475 g/mol. The summed E-state index contributed by atoms with van der Waals surface area (Å²) in [5, 5.41) is 3.72. The molecule has 1 amide bonds. The Hall–Kier alpha value is -2.57. The zero-order valence-electron chi connectivity index (χ0n) is 17.0. The van der Waals surface area contributed by atoms with Crippen molar-refractivity contribution in [2.45, 2.75) is 37.3 Å². The summed E-state index contributed by atoms with van der Waals surface area (Å²) in [7, 11) is 0. The van der Waals surface area contributed by atoms with Crippen molar-refractivity contribution in [3.8, 4) is 11.5 Å². The summed E-state index contributed by atoms with van der Waals surface area (Å²) in [6.07, 6.45) is 5.53. The minimum Gasteiger partial charge on any atom is -0.486 e. The van der Waals surface area contributed by atoms with Crippen molar-refractivity contribution in [1.82, 2.24) is 5.32 Å². The van der Waals surface area contributed by atoms with E-state index in [1.165, 1.54) is 12.1 Å². The van der Waals surface area contributed by atoms with Crippen molar-refractivity contribution in [2.75, 3.05) is 6.61 Å². The smallest absolute Gasteiger partial charge is 0.265 e. The van der Waals surface area contributed by atoms with Crippen LogP contribution in [0.15, 0.2) is 42.5 Å². The van der Waals surface area contributed by atoms with Gasteiger partial charge in [-0.05, 0) is 61.1 Å². The highest BCUT2D eigenvalue weighted by atomic mass is 35.5. The molecule has 2 bridgehead atoms. The first-order valence-corrected chi connectivity index (χ1v) is 11.1. The van der Waals surface area contributed by atoms with Crippen LogP contribution in [-0.2, 0) is 9.59 Å². The van der Waals surface area contributed by atoms with Gasteiger partial charge in [0.15, 0.2) is 11.9 Å². The second-order valence-corrected chi connectivity index (χ2v) is 9.80. The molecular weight excluding hydrogens is 456 g/mol. The molecule has 5 nitrogen and oxygen atoms in total. The van der Waals surface area contributed by atoms with Crippen LogP contribution in [-0.4, -0.2) is 29.9 Å². The number of ketones is 1. The van der Waals surface area contributed by atoms with Gasteiger partial charge in [0.1, 0.15) is 23.9 Å². The average Bonchev–Trinajstić information content (AvgIpc) is 2.71. The molecule has 4 aliphatic rings. The topological polar surface area (TPSA) is 64.6 Å². The lowest BCUT2D eigenvalue weighted by Gasteiger charge is -2.70. The van der Waals surface area contributed by atoms with Crippen LogP contribution >= 0.6 is 23.2 Å². The lowest BCUT2D eigenvalue weighted by Crippen LogP contribution is -2.75. The Bertz CT molecular complexity index is 1130. The van der Waals surface area contributed by atoms with Gasteiger partial charge in [0.05, 0.1) is 5.02 Å². The molecule has 0 radical (unpaired) electrons. The molecule has 0 unspecified atom stereocenters. The van der Waals surface area contributed by atoms with Crippen LogP contribution in [0.1, 0.15) is 31.2 Å². The Morgan fingerprint density at radius 3 is 2.69 bits per heavy atom. The maximum absolute atomic E-state index is 13.5. The maximum Gasteiger partial charge on any atom is 0.265 e. The fourth-order valence-corrected chi connectivity index (χ4v) is 5.41. The Labute approximate surface area is 194 Å². The van der Waals surface area contributed by atoms with Crippen molar-refractivity contribution >= 4 is 41.0 Å². The van der Waals surface area contributed by atoms with Gasteiger partial charge in [-0.15, -0.1) is 0 Å². The molecular formula is C24H20Cl2FNO4. The quantitative estimate of drug-likeness (QED) is 0.612. The molecule has 166 valence electrons. The van der Waals surface area contributed by atoms with Gasteiger partial charge in [0.25, 0.3) is 5.91 Å². The van der Waals surface area contributed by atoms with E-state index < -0.39 is 11.9 Å². The minimum atomic E-state index is -0.691. The number of halogens is 3. The number of nitrogens with one attached hydrogen (secondary N) is 1. The molecule has 3 saturated carbocycles. The normalized spacial score (nSPS) is 26.8. The van der Waals surface area contributed by atoms with E-state index in [0.717, 1.165) is 30.9 Å². The van der Waals surface area contributed by atoms with Gasteiger partial charge in [-0.1, -0.05) is 29.3 Å². The number of Topliss-reactive ketones (excluding diaryl/α,β-unsaturated/α-hetero) is 1. The standard InChI is InChI=1S/C24H20Cl2FNO4/c25-15-2-6-20-14(7-15)1-5-21(32-20)22(30)28-24-11-23(12-24,13-24)9-16(29)10-31-17-3-4-18(26)19(27)8-17/h1-8,21H,9-13H2,(H,28,30)/t21-,23?,24?/m1/s1. The van der Waals surface area contributed by atoms with Crippen LogP contribution in [0.2, 0.25) is 10.0 Å². The number of hydrogen-bond acceptors (Lipinski definition) is 4. The van der Waals surface area contributed by atoms with Gasteiger partial charge < -0.3 is 14.8 Å². The summed E-state index contributed by atoms with van der Waals surface area (Å²) in [6, 6.07) is 9.35. The summed E-state index contributed by atoms with van der Waals surface area (Å²) in [6.45, 7) is -0.119. The number of ether oxygens (including phenoxy) is 2. The van der Waals surface area contributed by atoms with E-state index in [4.69, 9.17) is 32.7 Å². The van der Waals surface area contributed by atoms with Crippen molar-refractivity contribution in [3.63, 3.8) is 0 Å². The molecule has 32 heavy (non-hydrogen) atoms. The molecule has 0 aromatic heterocycles. The molecule has 3 fully saturated rings. The average molecular weight is 476 g/mol. The van der Waals surface area contributed by atoms with E-state index in [9.17, 15) is 14.0 Å². The van der Waals surface area contributed by atoms with E-state index in [1.54, 1.807) is 24.3 Å². The third-order valence-electron chi connectivity index (χ3n) is 6.33. The van der Waals surface area contributed by atoms with Crippen LogP contribution in [0.25, 0.3) is 6.08 Å². The molecule has 1 aliphatic heterocycles. The van der Waals surface area contributed by atoms with Gasteiger partial charge in [-0.25, -0.2) is 4.39 Å². The van der Waals surface area contributed by atoms with Gasteiger partial charge >= 0.3 is 0 Å². The van der Waals surface area contributed by atoms with Gasteiger partial charge in [0, 0.05) is 28.6 Å².